The number of nitro benzene ring substituents is 1. The molecule has 1 aromatic carbocycles. The summed E-state index contributed by atoms with van der Waals surface area (Å²) in [6, 6.07) is 4.70. The molecule has 2 aromatic rings. The molecule has 19 heavy (non-hydrogen) atoms. The van der Waals surface area contributed by atoms with Crippen molar-refractivity contribution in [3.05, 3.63) is 28.3 Å². The van der Waals surface area contributed by atoms with Crippen molar-refractivity contribution in [2.45, 2.75) is 11.6 Å². The Labute approximate surface area is 114 Å². The molecule has 0 aliphatic carbocycles. The molecule has 1 atom stereocenters. The Bertz CT molecular complexity index is 607. The van der Waals surface area contributed by atoms with Crippen LogP contribution < -0.4 is 5.32 Å². The zero-order valence-corrected chi connectivity index (χ0v) is 11.1. The van der Waals surface area contributed by atoms with Crippen LogP contribution in [0.1, 0.15) is 6.42 Å². The van der Waals surface area contributed by atoms with Crippen molar-refractivity contribution in [3.63, 3.8) is 0 Å². The third-order valence-electron chi connectivity index (χ3n) is 3.27. The maximum absolute atomic E-state index is 10.7. The Kier molecular flexibility index (Phi) is 3.39. The Morgan fingerprint density at radius 2 is 2.42 bits per heavy atom. The SMILES string of the molecule is O=[N+]([O-])c1ccc2nc(SC[C@@H]3CCNC3)[nH]c2c1. The minimum atomic E-state index is -0.392. The maximum Gasteiger partial charge on any atom is 0.271 e. The molecule has 1 aliphatic heterocycles. The average molecular weight is 278 g/mol. The van der Waals surface area contributed by atoms with Crippen molar-refractivity contribution in [2.75, 3.05) is 18.8 Å². The Balaban J connectivity index is 1.75. The van der Waals surface area contributed by atoms with Gasteiger partial charge in [-0.1, -0.05) is 11.8 Å². The summed E-state index contributed by atoms with van der Waals surface area (Å²) < 4.78 is 0. The van der Waals surface area contributed by atoms with Gasteiger partial charge in [-0.3, -0.25) is 10.1 Å². The molecule has 0 amide bonds. The topological polar surface area (TPSA) is 83.8 Å². The van der Waals surface area contributed by atoms with Gasteiger partial charge in [0, 0.05) is 17.9 Å². The predicted octanol–water partition coefficient (Wildman–Crippen LogP) is 2.17. The minimum absolute atomic E-state index is 0.0905. The van der Waals surface area contributed by atoms with E-state index < -0.39 is 4.92 Å². The molecule has 2 N–H and O–H groups in total. The summed E-state index contributed by atoms with van der Waals surface area (Å²) in [5.41, 5.74) is 1.59. The van der Waals surface area contributed by atoms with Crippen molar-refractivity contribution < 1.29 is 4.92 Å². The van der Waals surface area contributed by atoms with Crippen LogP contribution in [0.25, 0.3) is 11.0 Å². The van der Waals surface area contributed by atoms with Crippen molar-refractivity contribution in [1.82, 2.24) is 15.3 Å². The Hall–Kier alpha value is -1.60. The molecule has 0 bridgehead atoms. The summed E-state index contributed by atoms with van der Waals surface area (Å²) in [6.45, 7) is 2.16. The van der Waals surface area contributed by atoms with E-state index in [9.17, 15) is 10.1 Å². The summed E-state index contributed by atoms with van der Waals surface area (Å²) in [5.74, 6) is 1.71. The second kappa shape index (κ2) is 5.18. The normalized spacial score (nSPS) is 19.1. The molecule has 1 fully saturated rings. The first kappa shape index (κ1) is 12.4. The highest BCUT2D eigenvalue weighted by atomic mass is 32.2. The number of rotatable bonds is 4. The Morgan fingerprint density at radius 3 is 3.16 bits per heavy atom. The van der Waals surface area contributed by atoms with Gasteiger partial charge in [0.2, 0.25) is 0 Å². The highest BCUT2D eigenvalue weighted by Crippen LogP contribution is 2.25. The number of hydrogen-bond donors (Lipinski definition) is 2. The fraction of sp³-hybridized carbons (Fsp3) is 0.417. The first-order valence-corrected chi connectivity index (χ1v) is 7.18. The van der Waals surface area contributed by atoms with Crippen molar-refractivity contribution >= 4 is 28.5 Å². The predicted molar refractivity (Wildman–Crippen MR) is 74.4 cm³/mol. The number of non-ortho nitro benzene ring substituents is 1. The lowest BCUT2D eigenvalue weighted by Crippen LogP contribution is -2.10. The number of nitro groups is 1. The number of hydrogen-bond acceptors (Lipinski definition) is 5. The van der Waals surface area contributed by atoms with E-state index in [1.54, 1.807) is 17.8 Å². The van der Waals surface area contributed by atoms with Gasteiger partial charge >= 0.3 is 0 Å². The van der Waals surface area contributed by atoms with E-state index >= 15 is 0 Å². The molecule has 1 saturated heterocycles. The zero-order valence-electron chi connectivity index (χ0n) is 10.3. The van der Waals surface area contributed by atoms with Gasteiger partial charge in [0.15, 0.2) is 5.16 Å². The second-order valence-corrected chi connectivity index (χ2v) is 5.68. The summed E-state index contributed by atoms with van der Waals surface area (Å²) in [5, 5.41) is 14.9. The van der Waals surface area contributed by atoms with Gasteiger partial charge in [-0.25, -0.2) is 4.98 Å². The molecule has 2 heterocycles. The second-order valence-electron chi connectivity index (χ2n) is 4.67. The first-order valence-electron chi connectivity index (χ1n) is 6.20. The average Bonchev–Trinajstić information content (AvgIpc) is 3.04. The van der Waals surface area contributed by atoms with Gasteiger partial charge in [-0.2, -0.15) is 0 Å². The molecular formula is C12H14N4O2S. The van der Waals surface area contributed by atoms with E-state index in [1.807, 2.05) is 0 Å². The monoisotopic (exact) mass is 278 g/mol. The third kappa shape index (κ3) is 2.71. The van der Waals surface area contributed by atoms with Gasteiger partial charge in [-0.05, 0) is 31.5 Å². The third-order valence-corrected chi connectivity index (χ3v) is 4.38. The summed E-state index contributed by atoms with van der Waals surface area (Å²) in [7, 11) is 0. The number of benzene rings is 1. The van der Waals surface area contributed by atoms with E-state index in [0.717, 1.165) is 35.0 Å². The molecule has 1 aliphatic rings. The minimum Gasteiger partial charge on any atom is -0.333 e. The summed E-state index contributed by atoms with van der Waals surface area (Å²) >= 11 is 1.68. The first-order chi connectivity index (χ1) is 9.22. The van der Waals surface area contributed by atoms with E-state index in [2.05, 4.69) is 15.3 Å². The number of fused-ring (bicyclic) bond motifs is 1. The van der Waals surface area contributed by atoms with Crippen LogP contribution in [0, 0.1) is 16.0 Å². The molecule has 0 radical (unpaired) electrons. The zero-order chi connectivity index (χ0) is 13.2. The number of H-pyrrole nitrogens is 1. The highest BCUT2D eigenvalue weighted by molar-refractivity contribution is 7.99. The van der Waals surface area contributed by atoms with Gasteiger partial charge in [0.05, 0.1) is 16.0 Å². The number of imidazole rings is 1. The van der Waals surface area contributed by atoms with E-state index in [-0.39, 0.29) is 5.69 Å². The lowest BCUT2D eigenvalue weighted by Gasteiger charge is -2.04. The van der Waals surface area contributed by atoms with Gasteiger partial charge in [0.25, 0.3) is 5.69 Å². The number of thioether (sulfide) groups is 1. The lowest BCUT2D eigenvalue weighted by molar-refractivity contribution is -0.384. The smallest absolute Gasteiger partial charge is 0.271 e. The quantitative estimate of drug-likeness (QED) is 0.508. The van der Waals surface area contributed by atoms with Crippen LogP contribution >= 0.6 is 11.8 Å². The molecule has 6 nitrogen and oxygen atoms in total. The van der Waals surface area contributed by atoms with E-state index in [4.69, 9.17) is 0 Å². The van der Waals surface area contributed by atoms with Crippen molar-refractivity contribution in [3.8, 4) is 0 Å². The van der Waals surface area contributed by atoms with Gasteiger partial charge < -0.3 is 10.3 Å². The van der Waals surface area contributed by atoms with Crippen molar-refractivity contribution in [1.29, 1.82) is 0 Å². The van der Waals surface area contributed by atoms with E-state index in [1.165, 1.54) is 18.6 Å². The molecule has 0 unspecified atom stereocenters. The number of aromatic amines is 1. The maximum atomic E-state index is 10.7. The van der Waals surface area contributed by atoms with Gasteiger partial charge in [0.1, 0.15) is 0 Å². The molecule has 7 heteroatoms. The number of nitrogens with zero attached hydrogens (tertiary/aromatic N) is 2. The van der Waals surface area contributed by atoms with Crippen LogP contribution in [0.5, 0.6) is 0 Å². The molecule has 0 spiro atoms. The van der Waals surface area contributed by atoms with Crippen LogP contribution in [0.3, 0.4) is 0 Å². The molecule has 3 rings (SSSR count). The fourth-order valence-electron chi connectivity index (χ4n) is 2.21. The van der Waals surface area contributed by atoms with Crippen LogP contribution in [0.4, 0.5) is 5.69 Å². The summed E-state index contributed by atoms with van der Waals surface area (Å²) in [4.78, 5) is 17.9. The largest absolute Gasteiger partial charge is 0.333 e. The summed E-state index contributed by atoms with van der Waals surface area (Å²) in [6.07, 6.45) is 1.21. The molecule has 1 aromatic heterocycles. The van der Waals surface area contributed by atoms with Crippen LogP contribution in [0.15, 0.2) is 23.4 Å². The molecule has 0 saturated carbocycles. The highest BCUT2D eigenvalue weighted by Gasteiger charge is 2.16. The Morgan fingerprint density at radius 1 is 1.53 bits per heavy atom. The standard InChI is InChI=1S/C12H14N4O2S/c17-16(18)9-1-2-10-11(5-9)15-12(14-10)19-7-8-3-4-13-6-8/h1-2,5,8,13H,3-4,6-7H2,(H,14,15)/t8-/m1/s1. The molecule has 100 valence electrons. The fourth-order valence-corrected chi connectivity index (χ4v) is 3.23. The van der Waals surface area contributed by atoms with Crippen molar-refractivity contribution in [2.24, 2.45) is 5.92 Å². The van der Waals surface area contributed by atoms with Gasteiger partial charge in [-0.15, -0.1) is 0 Å². The lowest BCUT2D eigenvalue weighted by atomic mass is 10.2. The molecular weight excluding hydrogens is 264 g/mol. The van der Waals surface area contributed by atoms with E-state index in [0.29, 0.717) is 5.92 Å². The number of nitrogens with one attached hydrogen (secondary N) is 2. The van der Waals surface area contributed by atoms with Crippen LogP contribution in [-0.2, 0) is 0 Å². The van der Waals surface area contributed by atoms with Crippen LogP contribution in [-0.4, -0.2) is 33.7 Å². The number of aromatic nitrogens is 2. The van der Waals surface area contributed by atoms with Crippen LogP contribution in [0.2, 0.25) is 0 Å².